The van der Waals surface area contributed by atoms with Crippen LogP contribution in [0.5, 0.6) is 0 Å². The molecule has 0 bridgehead atoms. The van der Waals surface area contributed by atoms with Crippen LogP contribution in [-0.4, -0.2) is 30.7 Å². The minimum Gasteiger partial charge on any atom is -0.350 e. The van der Waals surface area contributed by atoms with Crippen molar-refractivity contribution in [1.82, 2.24) is 30.1 Å². The van der Waals surface area contributed by atoms with E-state index in [1.807, 2.05) is 0 Å². The zero-order valence-electron chi connectivity index (χ0n) is 14.9. The average molecular weight is 396 g/mol. The number of benzene rings is 2. The summed E-state index contributed by atoms with van der Waals surface area (Å²) in [5.41, 5.74) is 0.906. The standard InChI is InChI=1S/C19H14F2N6O2/c20-13-3-1-12(2-4-13)9-22-17(28)11-26-19(29)16-10-23-27(18(16)24-25-26)15-7-5-14(21)6-8-15/h1-8,10H,9,11H2,(H,22,28). The van der Waals surface area contributed by atoms with Gasteiger partial charge in [-0.2, -0.15) is 5.10 Å². The quantitative estimate of drug-likeness (QED) is 0.553. The second-order valence-electron chi connectivity index (χ2n) is 6.23. The van der Waals surface area contributed by atoms with Gasteiger partial charge >= 0.3 is 0 Å². The van der Waals surface area contributed by atoms with Crippen LogP contribution in [0.4, 0.5) is 8.78 Å². The number of aromatic nitrogens is 5. The fraction of sp³-hybridized carbons (Fsp3) is 0.105. The molecule has 0 unspecified atom stereocenters. The molecule has 4 rings (SSSR count). The molecule has 0 saturated carbocycles. The molecule has 29 heavy (non-hydrogen) atoms. The van der Waals surface area contributed by atoms with Crippen LogP contribution in [0.25, 0.3) is 16.7 Å². The molecule has 1 amide bonds. The molecule has 0 saturated heterocycles. The summed E-state index contributed by atoms with van der Waals surface area (Å²) in [6.45, 7) is -0.142. The normalized spacial score (nSPS) is 11.0. The molecule has 2 aromatic heterocycles. The van der Waals surface area contributed by atoms with Crippen molar-refractivity contribution in [2.45, 2.75) is 13.1 Å². The Hall–Kier alpha value is -3.95. The van der Waals surface area contributed by atoms with Crippen molar-refractivity contribution in [1.29, 1.82) is 0 Å². The van der Waals surface area contributed by atoms with Gasteiger partial charge in [-0.15, -0.1) is 5.10 Å². The molecule has 2 aromatic carbocycles. The van der Waals surface area contributed by atoms with E-state index >= 15 is 0 Å². The molecule has 0 fully saturated rings. The lowest BCUT2D eigenvalue weighted by Crippen LogP contribution is -2.34. The summed E-state index contributed by atoms with van der Waals surface area (Å²) in [6, 6.07) is 11.2. The third-order valence-corrected chi connectivity index (χ3v) is 4.22. The Balaban J connectivity index is 1.52. The fourth-order valence-electron chi connectivity index (χ4n) is 2.73. The van der Waals surface area contributed by atoms with E-state index < -0.39 is 17.3 Å². The molecular weight excluding hydrogens is 382 g/mol. The van der Waals surface area contributed by atoms with Gasteiger partial charge in [-0.1, -0.05) is 17.3 Å². The second-order valence-corrected chi connectivity index (χ2v) is 6.23. The Morgan fingerprint density at radius 1 is 1.00 bits per heavy atom. The zero-order valence-corrected chi connectivity index (χ0v) is 14.9. The third kappa shape index (κ3) is 3.86. The van der Waals surface area contributed by atoms with Crippen LogP contribution in [-0.2, 0) is 17.9 Å². The number of nitrogens with one attached hydrogen (secondary N) is 1. The van der Waals surface area contributed by atoms with Gasteiger partial charge in [0.05, 0.1) is 11.9 Å². The van der Waals surface area contributed by atoms with Gasteiger partial charge in [-0.3, -0.25) is 9.59 Å². The number of carbonyl (C=O) groups is 1. The first kappa shape index (κ1) is 18.4. The summed E-state index contributed by atoms with van der Waals surface area (Å²) >= 11 is 0. The second kappa shape index (κ2) is 7.58. The Kier molecular flexibility index (Phi) is 4.82. The van der Waals surface area contributed by atoms with Crippen molar-refractivity contribution in [3.05, 3.63) is 82.3 Å². The van der Waals surface area contributed by atoms with Gasteiger partial charge in [0.15, 0.2) is 5.65 Å². The zero-order chi connectivity index (χ0) is 20.4. The predicted molar refractivity (Wildman–Crippen MR) is 99.1 cm³/mol. The molecule has 4 aromatic rings. The van der Waals surface area contributed by atoms with Crippen molar-refractivity contribution in [3.8, 4) is 5.69 Å². The molecule has 0 spiro atoms. The minimum absolute atomic E-state index is 0.177. The monoisotopic (exact) mass is 396 g/mol. The van der Waals surface area contributed by atoms with E-state index in [1.165, 1.54) is 47.3 Å². The van der Waals surface area contributed by atoms with Crippen LogP contribution in [0.3, 0.4) is 0 Å². The van der Waals surface area contributed by atoms with E-state index in [9.17, 15) is 18.4 Å². The fourth-order valence-corrected chi connectivity index (χ4v) is 2.73. The smallest absolute Gasteiger partial charge is 0.281 e. The Morgan fingerprint density at radius 3 is 2.34 bits per heavy atom. The van der Waals surface area contributed by atoms with Crippen LogP contribution in [0.15, 0.2) is 59.5 Å². The molecule has 0 aliphatic rings. The van der Waals surface area contributed by atoms with Crippen LogP contribution in [0.1, 0.15) is 5.56 Å². The summed E-state index contributed by atoms with van der Waals surface area (Å²) in [5.74, 6) is -1.21. The van der Waals surface area contributed by atoms with Gasteiger partial charge in [-0.05, 0) is 42.0 Å². The molecule has 0 atom stereocenters. The van der Waals surface area contributed by atoms with Crippen molar-refractivity contribution in [3.63, 3.8) is 0 Å². The van der Waals surface area contributed by atoms with Crippen LogP contribution in [0, 0.1) is 11.6 Å². The number of fused-ring (bicyclic) bond motifs is 1. The van der Waals surface area contributed by atoms with Gasteiger partial charge in [0.2, 0.25) is 5.91 Å². The number of halogens is 2. The van der Waals surface area contributed by atoms with E-state index in [0.717, 1.165) is 4.68 Å². The largest absolute Gasteiger partial charge is 0.350 e. The first-order valence-electron chi connectivity index (χ1n) is 8.60. The highest BCUT2D eigenvalue weighted by molar-refractivity contribution is 5.77. The van der Waals surface area contributed by atoms with E-state index in [1.54, 1.807) is 12.1 Å². The van der Waals surface area contributed by atoms with E-state index in [4.69, 9.17) is 0 Å². The molecular formula is C19H14F2N6O2. The SMILES string of the molecule is O=C(Cn1nnc2c(cnn2-c2ccc(F)cc2)c1=O)NCc1ccc(F)cc1. The number of carbonyl (C=O) groups excluding carboxylic acids is 1. The number of hydrogen-bond donors (Lipinski definition) is 1. The number of nitrogens with zero attached hydrogens (tertiary/aromatic N) is 5. The van der Waals surface area contributed by atoms with Gasteiger partial charge in [0.1, 0.15) is 23.6 Å². The van der Waals surface area contributed by atoms with E-state index in [2.05, 4.69) is 20.7 Å². The predicted octanol–water partition coefficient (Wildman–Crippen LogP) is 1.57. The lowest BCUT2D eigenvalue weighted by Gasteiger charge is -2.07. The van der Waals surface area contributed by atoms with Crippen molar-refractivity contribution in [2.24, 2.45) is 0 Å². The molecule has 8 nitrogen and oxygen atoms in total. The van der Waals surface area contributed by atoms with Gasteiger partial charge < -0.3 is 5.32 Å². The molecule has 146 valence electrons. The van der Waals surface area contributed by atoms with Gasteiger partial charge in [0, 0.05) is 6.54 Å². The highest BCUT2D eigenvalue weighted by atomic mass is 19.1. The van der Waals surface area contributed by atoms with Crippen molar-refractivity contribution in [2.75, 3.05) is 0 Å². The molecule has 0 aliphatic carbocycles. The Morgan fingerprint density at radius 2 is 1.66 bits per heavy atom. The average Bonchev–Trinajstić information content (AvgIpc) is 3.15. The minimum atomic E-state index is -0.528. The first-order valence-corrected chi connectivity index (χ1v) is 8.60. The van der Waals surface area contributed by atoms with Crippen molar-refractivity contribution >= 4 is 16.9 Å². The summed E-state index contributed by atoms with van der Waals surface area (Å²) in [5, 5.41) is 14.7. The first-order chi connectivity index (χ1) is 14.0. The van der Waals surface area contributed by atoms with Crippen LogP contribution < -0.4 is 10.9 Å². The molecule has 10 heteroatoms. The third-order valence-electron chi connectivity index (χ3n) is 4.22. The summed E-state index contributed by atoms with van der Waals surface area (Å²) in [4.78, 5) is 24.7. The molecule has 2 heterocycles. The van der Waals surface area contributed by atoms with Crippen LogP contribution >= 0.6 is 0 Å². The molecule has 0 aliphatic heterocycles. The summed E-state index contributed by atoms with van der Waals surface area (Å²) in [7, 11) is 0. The maximum absolute atomic E-state index is 13.1. The van der Waals surface area contributed by atoms with Gasteiger partial charge in [-0.25, -0.2) is 18.1 Å². The van der Waals surface area contributed by atoms with E-state index in [-0.39, 0.29) is 29.9 Å². The Labute approximate surface area is 162 Å². The highest BCUT2D eigenvalue weighted by Crippen LogP contribution is 2.13. The number of hydrogen-bond acceptors (Lipinski definition) is 5. The highest BCUT2D eigenvalue weighted by Gasteiger charge is 2.14. The van der Waals surface area contributed by atoms with E-state index in [0.29, 0.717) is 11.3 Å². The lowest BCUT2D eigenvalue weighted by atomic mass is 10.2. The van der Waals surface area contributed by atoms with Crippen LogP contribution in [0.2, 0.25) is 0 Å². The number of rotatable bonds is 5. The maximum atomic E-state index is 13.1. The summed E-state index contributed by atoms with van der Waals surface area (Å²) < 4.78 is 28.3. The molecule has 0 radical (unpaired) electrons. The number of amides is 1. The van der Waals surface area contributed by atoms with Gasteiger partial charge in [0.25, 0.3) is 5.56 Å². The topological polar surface area (TPSA) is 94.7 Å². The molecule has 1 N–H and O–H groups in total. The summed E-state index contributed by atoms with van der Waals surface area (Å²) in [6.07, 6.45) is 1.32. The Bertz CT molecular complexity index is 1230. The maximum Gasteiger partial charge on any atom is 0.281 e. The van der Waals surface area contributed by atoms with Crippen molar-refractivity contribution < 1.29 is 13.6 Å². The lowest BCUT2D eigenvalue weighted by molar-refractivity contribution is -0.122.